The third-order valence-corrected chi connectivity index (χ3v) is 4.30. The molecule has 1 atom stereocenters. The highest BCUT2D eigenvalue weighted by atomic mass is 16.3. The van der Waals surface area contributed by atoms with Crippen molar-refractivity contribution in [2.45, 2.75) is 38.3 Å². The number of nitrogens with zero attached hydrogens (tertiary/aromatic N) is 1. The van der Waals surface area contributed by atoms with Crippen LogP contribution in [0.4, 0.5) is 0 Å². The van der Waals surface area contributed by atoms with E-state index in [2.05, 4.69) is 41.4 Å². The molecule has 1 unspecified atom stereocenters. The van der Waals surface area contributed by atoms with Crippen LogP contribution in [0.1, 0.15) is 31.7 Å². The molecule has 0 aromatic heterocycles. The van der Waals surface area contributed by atoms with E-state index in [0.717, 1.165) is 45.4 Å². The summed E-state index contributed by atoms with van der Waals surface area (Å²) in [6.45, 7) is 6.64. The number of benzene rings is 1. The summed E-state index contributed by atoms with van der Waals surface area (Å²) in [5.74, 6) is 0. The molecule has 1 heterocycles. The average molecular weight is 262 g/mol. The zero-order valence-electron chi connectivity index (χ0n) is 11.9. The van der Waals surface area contributed by atoms with E-state index in [-0.39, 0.29) is 12.1 Å². The molecule has 1 aromatic rings. The third-order valence-electron chi connectivity index (χ3n) is 4.30. The van der Waals surface area contributed by atoms with Gasteiger partial charge in [0.1, 0.15) is 0 Å². The van der Waals surface area contributed by atoms with Crippen LogP contribution in [0.2, 0.25) is 0 Å². The lowest BCUT2D eigenvalue weighted by Crippen LogP contribution is -2.48. The SMILES string of the molecule is CCN1CCCC(CO)(NCc2ccccc2)CC1. The first kappa shape index (κ1) is 14.5. The van der Waals surface area contributed by atoms with Crippen molar-refractivity contribution in [2.24, 2.45) is 0 Å². The summed E-state index contributed by atoms with van der Waals surface area (Å²) >= 11 is 0. The molecule has 0 spiro atoms. The average Bonchev–Trinajstić information content (AvgIpc) is 2.69. The van der Waals surface area contributed by atoms with Gasteiger partial charge in [-0.1, -0.05) is 37.3 Å². The van der Waals surface area contributed by atoms with Crippen LogP contribution in [0.25, 0.3) is 0 Å². The first-order valence-electron chi connectivity index (χ1n) is 7.40. The molecule has 0 bridgehead atoms. The standard InChI is InChI=1S/C16H26N2O/c1-2-18-11-6-9-16(14-19,10-12-18)17-13-15-7-4-3-5-8-15/h3-5,7-8,17,19H,2,6,9-14H2,1H3. The molecule has 0 radical (unpaired) electrons. The Hall–Kier alpha value is -0.900. The Morgan fingerprint density at radius 1 is 1.21 bits per heavy atom. The van der Waals surface area contributed by atoms with Gasteiger partial charge >= 0.3 is 0 Å². The Morgan fingerprint density at radius 3 is 2.68 bits per heavy atom. The smallest absolute Gasteiger partial charge is 0.0613 e. The van der Waals surface area contributed by atoms with Gasteiger partial charge in [0, 0.05) is 12.1 Å². The second-order valence-electron chi connectivity index (χ2n) is 5.57. The van der Waals surface area contributed by atoms with Crippen LogP contribution in [0, 0.1) is 0 Å². The molecule has 1 aromatic carbocycles. The Labute approximate surface area is 116 Å². The van der Waals surface area contributed by atoms with Crippen LogP contribution in [-0.2, 0) is 6.54 Å². The summed E-state index contributed by atoms with van der Waals surface area (Å²) in [4.78, 5) is 2.47. The summed E-state index contributed by atoms with van der Waals surface area (Å²) in [6, 6.07) is 10.4. The van der Waals surface area contributed by atoms with Crippen molar-refractivity contribution in [3.8, 4) is 0 Å². The van der Waals surface area contributed by atoms with Crippen molar-refractivity contribution in [3.05, 3.63) is 35.9 Å². The van der Waals surface area contributed by atoms with Gasteiger partial charge in [-0.3, -0.25) is 0 Å². The third kappa shape index (κ3) is 4.03. The van der Waals surface area contributed by atoms with Crippen molar-refractivity contribution in [3.63, 3.8) is 0 Å². The van der Waals surface area contributed by atoms with Gasteiger partial charge in [0.2, 0.25) is 0 Å². The normalized spacial score (nSPS) is 25.2. The summed E-state index contributed by atoms with van der Waals surface area (Å²) < 4.78 is 0. The molecule has 1 fully saturated rings. The number of hydrogen-bond acceptors (Lipinski definition) is 3. The molecule has 19 heavy (non-hydrogen) atoms. The van der Waals surface area contributed by atoms with Crippen LogP contribution < -0.4 is 5.32 Å². The van der Waals surface area contributed by atoms with Gasteiger partial charge in [-0.05, 0) is 44.5 Å². The van der Waals surface area contributed by atoms with E-state index >= 15 is 0 Å². The van der Waals surface area contributed by atoms with Crippen molar-refractivity contribution >= 4 is 0 Å². The van der Waals surface area contributed by atoms with E-state index in [1.54, 1.807) is 0 Å². The maximum Gasteiger partial charge on any atom is 0.0613 e. The first-order valence-corrected chi connectivity index (χ1v) is 7.40. The van der Waals surface area contributed by atoms with Crippen molar-refractivity contribution in [1.29, 1.82) is 0 Å². The Kier molecular flexibility index (Phi) is 5.37. The summed E-state index contributed by atoms with van der Waals surface area (Å²) in [5.41, 5.74) is 1.19. The van der Waals surface area contributed by atoms with Gasteiger partial charge in [-0.15, -0.1) is 0 Å². The Balaban J connectivity index is 1.94. The van der Waals surface area contributed by atoms with Crippen LogP contribution in [0.5, 0.6) is 0 Å². The Bertz CT molecular complexity index is 368. The van der Waals surface area contributed by atoms with Crippen molar-refractivity contribution < 1.29 is 5.11 Å². The molecule has 106 valence electrons. The van der Waals surface area contributed by atoms with Gasteiger partial charge in [0.15, 0.2) is 0 Å². The second kappa shape index (κ2) is 7.04. The van der Waals surface area contributed by atoms with Gasteiger partial charge in [-0.2, -0.15) is 0 Å². The van der Waals surface area contributed by atoms with E-state index in [9.17, 15) is 5.11 Å². The lowest BCUT2D eigenvalue weighted by molar-refractivity contribution is 0.141. The fourth-order valence-electron chi connectivity index (χ4n) is 2.84. The van der Waals surface area contributed by atoms with Gasteiger partial charge in [-0.25, -0.2) is 0 Å². The molecule has 0 saturated carbocycles. The molecule has 3 nitrogen and oxygen atoms in total. The molecule has 1 aliphatic rings. The maximum atomic E-state index is 9.82. The summed E-state index contributed by atoms with van der Waals surface area (Å²) in [6.07, 6.45) is 3.26. The zero-order chi connectivity index (χ0) is 13.6. The first-order chi connectivity index (χ1) is 9.28. The quantitative estimate of drug-likeness (QED) is 0.852. The largest absolute Gasteiger partial charge is 0.394 e. The lowest BCUT2D eigenvalue weighted by atomic mass is 9.91. The number of aliphatic hydroxyl groups is 1. The number of likely N-dealkylation sites (tertiary alicyclic amines) is 1. The monoisotopic (exact) mass is 262 g/mol. The van der Waals surface area contributed by atoms with E-state index in [4.69, 9.17) is 0 Å². The van der Waals surface area contributed by atoms with E-state index < -0.39 is 0 Å². The number of nitrogens with one attached hydrogen (secondary N) is 1. The summed E-state index contributed by atoms with van der Waals surface area (Å²) in [5, 5.41) is 13.4. The van der Waals surface area contributed by atoms with Crippen LogP contribution in [0.15, 0.2) is 30.3 Å². The molecule has 3 heteroatoms. The van der Waals surface area contributed by atoms with E-state index in [1.165, 1.54) is 5.56 Å². The highest BCUT2D eigenvalue weighted by Gasteiger charge is 2.31. The van der Waals surface area contributed by atoms with Crippen molar-refractivity contribution in [1.82, 2.24) is 10.2 Å². The van der Waals surface area contributed by atoms with Crippen LogP contribution >= 0.6 is 0 Å². The minimum absolute atomic E-state index is 0.0975. The molecular weight excluding hydrogens is 236 g/mol. The number of hydrogen-bond donors (Lipinski definition) is 2. The maximum absolute atomic E-state index is 9.82. The Morgan fingerprint density at radius 2 is 2.00 bits per heavy atom. The van der Waals surface area contributed by atoms with Gasteiger partial charge in [0.25, 0.3) is 0 Å². The summed E-state index contributed by atoms with van der Waals surface area (Å²) in [7, 11) is 0. The highest BCUT2D eigenvalue weighted by molar-refractivity contribution is 5.14. The van der Waals surface area contributed by atoms with Gasteiger partial charge in [0.05, 0.1) is 6.61 Å². The van der Waals surface area contributed by atoms with E-state index in [1.807, 2.05) is 6.07 Å². The molecule has 1 aliphatic heterocycles. The van der Waals surface area contributed by atoms with Gasteiger partial charge < -0.3 is 15.3 Å². The van der Waals surface area contributed by atoms with Crippen LogP contribution in [0.3, 0.4) is 0 Å². The lowest BCUT2D eigenvalue weighted by Gasteiger charge is -2.32. The molecule has 1 saturated heterocycles. The predicted octanol–water partition coefficient (Wildman–Crippen LogP) is 2.01. The minimum atomic E-state index is -0.0975. The molecule has 2 N–H and O–H groups in total. The van der Waals surface area contributed by atoms with E-state index in [0.29, 0.717) is 0 Å². The minimum Gasteiger partial charge on any atom is -0.394 e. The topological polar surface area (TPSA) is 35.5 Å². The molecule has 0 amide bonds. The molecule has 0 aliphatic carbocycles. The fourth-order valence-corrected chi connectivity index (χ4v) is 2.84. The number of aliphatic hydroxyl groups excluding tert-OH is 1. The zero-order valence-corrected chi connectivity index (χ0v) is 11.9. The molecule has 2 rings (SSSR count). The highest BCUT2D eigenvalue weighted by Crippen LogP contribution is 2.22. The number of rotatable bonds is 5. The predicted molar refractivity (Wildman–Crippen MR) is 79.1 cm³/mol. The van der Waals surface area contributed by atoms with Crippen LogP contribution in [-0.4, -0.2) is 41.8 Å². The van der Waals surface area contributed by atoms with Crippen molar-refractivity contribution in [2.75, 3.05) is 26.2 Å². The molecular formula is C16H26N2O. The fraction of sp³-hybridized carbons (Fsp3) is 0.625. The second-order valence-corrected chi connectivity index (χ2v) is 5.57.